The Labute approximate surface area is 84.6 Å². The number of rotatable bonds is 5. The molecule has 0 aromatic carbocycles. The van der Waals surface area contributed by atoms with E-state index in [1.165, 1.54) is 25.6 Å². The molecule has 0 saturated carbocycles. The van der Waals surface area contributed by atoms with Gasteiger partial charge in [0.05, 0.1) is 0 Å². The van der Waals surface area contributed by atoms with E-state index in [0.29, 0.717) is 6.04 Å². The van der Waals surface area contributed by atoms with Gasteiger partial charge in [0.25, 0.3) is 0 Å². The highest BCUT2D eigenvalue weighted by Crippen LogP contribution is 2.15. The van der Waals surface area contributed by atoms with E-state index >= 15 is 0 Å². The van der Waals surface area contributed by atoms with Crippen molar-refractivity contribution in [2.24, 2.45) is 0 Å². The lowest BCUT2D eigenvalue weighted by atomic mass is 10.2. The summed E-state index contributed by atoms with van der Waals surface area (Å²) < 4.78 is 0. The SMILES string of the molecule is CCN1CCCC1CN/C=C/C(=O)O. The summed E-state index contributed by atoms with van der Waals surface area (Å²) in [5.74, 6) is -0.906. The van der Waals surface area contributed by atoms with Crippen molar-refractivity contribution < 1.29 is 9.90 Å². The van der Waals surface area contributed by atoms with Gasteiger partial charge in [0, 0.05) is 24.9 Å². The van der Waals surface area contributed by atoms with Crippen molar-refractivity contribution in [3.8, 4) is 0 Å². The molecule has 0 aliphatic carbocycles. The topological polar surface area (TPSA) is 52.6 Å². The Hall–Kier alpha value is -1.03. The number of carboxylic acid groups (broad SMARTS) is 1. The largest absolute Gasteiger partial charge is 0.478 e. The molecule has 1 aliphatic rings. The summed E-state index contributed by atoms with van der Waals surface area (Å²) in [6.45, 7) is 5.25. The molecule has 0 bridgehead atoms. The van der Waals surface area contributed by atoms with E-state index in [4.69, 9.17) is 5.11 Å². The molecule has 0 radical (unpaired) electrons. The molecule has 1 atom stereocenters. The van der Waals surface area contributed by atoms with Crippen molar-refractivity contribution in [3.63, 3.8) is 0 Å². The van der Waals surface area contributed by atoms with Crippen LogP contribution in [0, 0.1) is 0 Å². The summed E-state index contributed by atoms with van der Waals surface area (Å²) in [4.78, 5) is 12.6. The molecule has 14 heavy (non-hydrogen) atoms. The lowest BCUT2D eigenvalue weighted by Crippen LogP contribution is -2.36. The van der Waals surface area contributed by atoms with E-state index in [9.17, 15) is 4.79 Å². The molecule has 1 aliphatic heterocycles. The molecule has 0 aromatic heterocycles. The molecular formula is C10H18N2O2. The second kappa shape index (κ2) is 5.65. The van der Waals surface area contributed by atoms with Crippen molar-refractivity contribution in [3.05, 3.63) is 12.3 Å². The van der Waals surface area contributed by atoms with Crippen molar-refractivity contribution in [1.29, 1.82) is 0 Å². The molecule has 80 valence electrons. The van der Waals surface area contributed by atoms with Gasteiger partial charge in [0.15, 0.2) is 0 Å². The lowest BCUT2D eigenvalue weighted by Gasteiger charge is -2.22. The molecule has 1 fully saturated rings. The third kappa shape index (κ3) is 3.38. The summed E-state index contributed by atoms with van der Waals surface area (Å²) >= 11 is 0. The first-order valence-electron chi connectivity index (χ1n) is 5.11. The lowest BCUT2D eigenvalue weighted by molar-refractivity contribution is -0.131. The smallest absolute Gasteiger partial charge is 0.329 e. The standard InChI is InChI=1S/C10H18N2O2/c1-2-12-7-3-4-9(12)8-11-6-5-10(13)14/h5-6,9,11H,2-4,7-8H2,1H3,(H,13,14)/b6-5+. The van der Waals surface area contributed by atoms with Crippen LogP contribution in [0.25, 0.3) is 0 Å². The average molecular weight is 198 g/mol. The molecule has 1 heterocycles. The van der Waals surface area contributed by atoms with E-state index in [2.05, 4.69) is 17.1 Å². The Morgan fingerprint density at radius 2 is 2.50 bits per heavy atom. The number of nitrogens with one attached hydrogen (secondary N) is 1. The number of carbonyl (C=O) groups is 1. The second-order valence-corrected chi connectivity index (χ2v) is 3.50. The minimum Gasteiger partial charge on any atom is -0.478 e. The molecule has 0 aromatic rings. The quantitative estimate of drug-likeness (QED) is 0.637. The van der Waals surface area contributed by atoms with E-state index in [1.807, 2.05) is 0 Å². The van der Waals surface area contributed by atoms with Crippen LogP contribution in [0.15, 0.2) is 12.3 Å². The van der Waals surface area contributed by atoms with Crippen molar-refractivity contribution in [1.82, 2.24) is 10.2 Å². The number of likely N-dealkylation sites (tertiary alicyclic amines) is 1. The molecule has 1 rings (SSSR count). The van der Waals surface area contributed by atoms with Gasteiger partial charge >= 0.3 is 5.97 Å². The van der Waals surface area contributed by atoms with Crippen LogP contribution in [-0.2, 0) is 4.79 Å². The van der Waals surface area contributed by atoms with Crippen LogP contribution in [0.1, 0.15) is 19.8 Å². The van der Waals surface area contributed by atoms with Crippen molar-refractivity contribution in [2.75, 3.05) is 19.6 Å². The van der Waals surface area contributed by atoms with Crippen molar-refractivity contribution in [2.45, 2.75) is 25.8 Å². The zero-order valence-electron chi connectivity index (χ0n) is 8.57. The summed E-state index contributed by atoms with van der Waals surface area (Å²) in [7, 11) is 0. The van der Waals surface area contributed by atoms with Gasteiger partial charge in [0.1, 0.15) is 0 Å². The monoisotopic (exact) mass is 198 g/mol. The predicted octanol–water partition coefficient (Wildman–Crippen LogP) is 0.659. The van der Waals surface area contributed by atoms with Crippen molar-refractivity contribution >= 4 is 5.97 Å². The zero-order chi connectivity index (χ0) is 10.4. The van der Waals surface area contributed by atoms with Crippen LogP contribution in [0.3, 0.4) is 0 Å². The molecule has 0 spiro atoms. The van der Waals surface area contributed by atoms with Crippen LogP contribution in [0.4, 0.5) is 0 Å². The van der Waals surface area contributed by atoms with Crippen LogP contribution >= 0.6 is 0 Å². The maximum absolute atomic E-state index is 10.2. The van der Waals surface area contributed by atoms with Gasteiger partial charge in [-0.3, -0.25) is 4.90 Å². The second-order valence-electron chi connectivity index (χ2n) is 3.50. The summed E-state index contributed by atoms with van der Waals surface area (Å²) in [6.07, 6.45) is 5.10. The number of carboxylic acids is 1. The number of aliphatic carboxylic acids is 1. The Morgan fingerprint density at radius 1 is 1.71 bits per heavy atom. The predicted molar refractivity (Wildman–Crippen MR) is 55.0 cm³/mol. The first-order valence-corrected chi connectivity index (χ1v) is 5.11. The first-order chi connectivity index (χ1) is 6.74. The van der Waals surface area contributed by atoms with Gasteiger partial charge in [-0.25, -0.2) is 4.79 Å². The van der Waals surface area contributed by atoms with Crippen LogP contribution in [0.5, 0.6) is 0 Å². The van der Waals surface area contributed by atoms with E-state index < -0.39 is 5.97 Å². The third-order valence-corrected chi connectivity index (χ3v) is 2.60. The van der Waals surface area contributed by atoms with Gasteiger partial charge < -0.3 is 10.4 Å². The third-order valence-electron chi connectivity index (χ3n) is 2.60. The Balaban J connectivity index is 2.20. The number of nitrogens with zero attached hydrogens (tertiary/aromatic N) is 1. The zero-order valence-corrected chi connectivity index (χ0v) is 8.57. The van der Waals surface area contributed by atoms with Crippen LogP contribution in [0.2, 0.25) is 0 Å². The highest BCUT2D eigenvalue weighted by Gasteiger charge is 2.21. The van der Waals surface area contributed by atoms with Gasteiger partial charge in [-0.15, -0.1) is 0 Å². The maximum atomic E-state index is 10.2. The maximum Gasteiger partial charge on any atom is 0.329 e. The first kappa shape index (κ1) is 11.0. The minimum absolute atomic E-state index is 0.568. The Bertz CT molecular complexity index is 216. The molecule has 0 amide bonds. The molecule has 4 nitrogen and oxygen atoms in total. The van der Waals surface area contributed by atoms with Gasteiger partial charge in [0.2, 0.25) is 0 Å². The molecule has 2 N–H and O–H groups in total. The Morgan fingerprint density at radius 3 is 3.14 bits per heavy atom. The van der Waals surface area contributed by atoms with E-state index in [0.717, 1.165) is 19.2 Å². The van der Waals surface area contributed by atoms with Crippen LogP contribution in [-0.4, -0.2) is 41.7 Å². The molecule has 4 heteroatoms. The highest BCUT2D eigenvalue weighted by molar-refractivity contribution is 5.79. The summed E-state index contributed by atoms with van der Waals surface area (Å²) in [5.41, 5.74) is 0. The highest BCUT2D eigenvalue weighted by atomic mass is 16.4. The molecular weight excluding hydrogens is 180 g/mol. The average Bonchev–Trinajstić information content (AvgIpc) is 2.59. The van der Waals surface area contributed by atoms with E-state index in [-0.39, 0.29) is 0 Å². The van der Waals surface area contributed by atoms with Crippen LogP contribution < -0.4 is 5.32 Å². The molecule has 1 saturated heterocycles. The Kier molecular flexibility index (Phi) is 4.46. The normalized spacial score (nSPS) is 23.1. The summed E-state index contributed by atoms with van der Waals surface area (Å²) in [5, 5.41) is 11.4. The number of likely N-dealkylation sites (N-methyl/N-ethyl adjacent to an activating group) is 1. The van der Waals surface area contributed by atoms with Gasteiger partial charge in [-0.2, -0.15) is 0 Å². The number of hydrogen-bond donors (Lipinski definition) is 2. The summed E-state index contributed by atoms with van der Waals surface area (Å²) in [6, 6.07) is 0.568. The fourth-order valence-electron chi connectivity index (χ4n) is 1.88. The minimum atomic E-state index is -0.906. The number of hydrogen-bond acceptors (Lipinski definition) is 3. The van der Waals surface area contributed by atoms with Gasteiger partial charge in [-0.05, 0) is 25.9 Å². The van der Waals surface area contributed by atoms with E-state index in [1.54, 1.807) is 0 Å². The fourth-order valence-corrected chi connectivity index (χ4v) is 1.88. The van der Waals surface area contributed by atoms with Gasteiger partial charge in [-0.1, -0.05) is 6.92 Å². The molecule has 1 unspecified atom stereocenters. The fraction of sp³-hybridized carbons (Fsp3) is 0.700.